The van der Waals surface area contributed by atoms with Crippen LogP contribution in [0.15, 0.2) is 38.5 Å². The van der Waals surface area contributed by atoms with Crippen LogP contribution in [-0.2, 0) is 5.75 Å². The third kappa shape index (κ3) is 2.87. The second kappa shape index (κ2) is 5.43. The molecular weight excluding hydrogens is 278 g/mol. The van der Waals surface area contributed by atoms with Gasteiger partial charge < -0.3 is 4.42 Å². The molecule has 0 amide bonds. The molecule has 0 bridgehead atoms. The van der Waals surface area contributed by atoms with Crippen LogP contribution in [0.3, 0.4) is 0 Å². The molecule has 0 atom stereocenters. The van der Waals surface area contributed by atoms with Gasteiger partial charge in [-0.2, -0.15) is 0 Å². The van der Waals surface area contributed by atoms with Crippen molar-refractivity contribution in [3.8, 4) is 0 Å². The zero-order valence-electron chi connectivity index (χ0n) is 10.5. The Kier molecular flexibility index (Phi) is 3.66. The van der Waals surface area contributed by atoms with Crippen molar-refractivity contribution in [1.82, 2.24) is 0 Å². The minimum absolute atomic E-state index is 0.284. The molecular formula is C14H13NO2S2. The van der Waals surface area contributed by atoms with Crippen molar-refractivity contribution >= 4 is 38.9 Å². The van der Waals surface area contributed by atoms with E-state index in [0.29, 0.717) is 5.58 Å². The quantitative estimate of drug-likeness (QED) is 0.795. The van der Waals surface area contributed by atoms with E-state index < -0.39 is 0 Å². The molecule has 1 aliphatic rings. The number of hydrogen-bond acceptors (Lipinski definition) is 5. The van der Waals surface area contributed by atoms with Gasteiger partial charge in [-0.15, -0.1) is 0 Å². The lowest BCUT2D eigenvalue weighted by Crippen LogP contribution is -2.00. The second-order valence-electron chi connectivity index (χ2n) is 4.38. The summed E-state index contributed by atoms with van der Waals surface area (Å²) < 4.78 is 6.35. The van der Waals surface area contributed by atoms with Crippen molar-refractivity contribution in [1.29, 1.82) is 0 Å². The van der Waals surface area contributed by atoms with E-state index in [1.165, 1.54) is 5.56 Å². The molecule has 3 rings (SSSR count). The summed E-state index contributed by atoms with van der Waals surface area (Å²) >= 11 is 3.48. The van der Waals surface area contributed by atoms with Crippen LogP contribution < -0.4 is 5.63 Å². The molecule has 0 saturated carbocycles. The predicted octanol–water partition coefficient (Wildman–Crippen LogP) is 3.44. The van der Waals surface area contributed by atoms with E-state index in [9.17, 15) is 4.79 Å². The van der Waals surface area contributed by atoms with Gasteiger partial charge in [-0.25, -0.2) is 4.79 Å². The summed E-state index contributed by atoms with van der Waals surface area (Å²) in [4.78, 5) is 16.0. The van der Waals surface area contributed by atoms with Crippen LogP contribution in [0.5, 0.6) is 0 Å². The monoisotopic (exact) mass is 291 g/mol. The first-order valence-electron chi connectivity index (χ1n) is 6.06. The molecule has 0 N–H and O–H groups in total. The van der Waals surface area contributed by atoms with Gasteiger partial charge in [-0.1, -0.05) is 35.2 Å². The third-order valence-corrected chi connectivity index (χ3v) is 5.19. The topological polar surface area (TPSA) is 42.6 Å². The lowest BCUT2D eigenvalue weighted by molar-refractivity contribution is 0.559. The molecule has 0 saturated heterocycles. The maximum absolute atomic E-state index is 11.6. The fourth-order valence-corrected chi connectivity index (χ4v) is 4.00. The highest BCUT2D eigenvalue weighted by atomic mass is 32.2. The summed E-state index contributed by atoms with van der Waals surface area (Å²) in [6.07, 6.45) is 0. The van der Waals surface area contributed by atoms with Crippen LogP contribution in [0.4, 0.5) is 0 Å². The van der Waals surface area contributed by atoms with Crippen LogP contribution in [0.2, 0.25) is 0 Å². The van der Waals surface area contributed by atoms with Gasteiger partial charge in [0.05, 0.1) is 6.54 Å². The van der Waals surface area contributed by atoms with Gasteiger partial charge in [0, 0.05) is 23.0 Å². The van der Waals surface area contributed by atoms with Crippen molar-refractivity contribution in [3.63, 3.8) is 0 Å². The largest absolute Gasteiger partial charge is 0.423 e. The smallest absolute Gasteiger partial charge is 0.336 e. The normalized spacial score (nSPS) is 14.9. The van der Waals surface area contributed by atoms with Crippen LogP contribution in [0.25, 0.3) is 11.0 Å². The first-order valence-corrected chi connectivity index (χ1v) is 8.03. The molecule has 0 spiro atoms. The molecule has 5 heteroatoms. The summed E-state index contributed by atoms with van der Waals surface area (Å²) in [7, 11) is 0. The van der Waals surface area contributed by atoms with Crippen LogP contribution in [0, 0.1) is 6.92 Å². The predicted molar refractivity (Wildman–Crippen MR) is 83.3 cm³/mol. The van der Waals surface area contributed by atoms with Gasteiger partial charge >= 0.3 is 5.63 Å². The molecule has 0 unspecified atom stereocenters. The Morgan fingerprint density at radius 1 is 1.42 bits per heavy atom. The number of fused-ring (bicyclic) bond motifs is 1. The summed E-state index contributed by atoms with van der Waals surface area (Å²) in [6, 6.07) is 7.48. The highest BCUT2D eigenvalue weighted by Gasteiger charge is 2.11. The average molecular weight is 291 g/mol. The number of hydrogen-bond donors (Lipinski definition) is 0. The SMILES string of the molecule is Cc1ccc2oc(=O)cc(CSC3=NCCS3)c2c1. The molecule has 19 heavy (non-hydrogen) atoms. The lowest BCUT2D eigenvalue weighted by Gasteiger charge is -2.05. The van der Waals surface area contributed by atoms with E-state index in [0.717, 1.165) is 33.4 Å². The molecule has 1 aromatic carbocycles. The summed E-state index contributed by atoms with van der Waals surface area (Å²) in [5.74, 6) is 1.83. The molecule has 0 aliphatic carbocycles. The Hall–Kier alpha value is -1.20. The molecule has 1 aliphatic heterocycles. The maximum atomic E-state index is 11.6. The van der Waals surface area contributed by atoms with E-state index in [-0.39, 0.29) is 5.63 Å². The maximum Gasteiger partial charge on any atom is 0.336 e. The first-order chi connectivity index (χ1) is 9.22. The highest BCUT2D eigenvalue weighted by Crippen LogP contribution is 2.28. The minimum Gasteiger partial charge on any atom is -0.423 e. The summed E-state index contributed by atoms with van der Waals surface area (Å²) in [5.41, 5.74) is 2.57. The zero-order chi connectivity index (χ0) is 13.2. The average Bonchev–Trinajstić information content (AvgIpc) is 2.89. The van der Waals surface area contributed by atoms with E-state index in [1.807, 2.05) is 19.1 Å². The van der Waals surface area contributed by atoms with E-state index in [4.69, 9.17) is 4.42 Å². The Morgan fingerprint density at radius 2 is 2.32 bits per heavy atom. The fraction of sp³-hybridized carbons (Fsp3) is 0.286. The van der Waals surface area contributed by atoms with Gasteiger partial charge in [0.25, 0.3) is 0 Å². The zero-order valence-corrected chi connectivity index (χ0v) is 12.1. The molecule has 98 valence electrons. The summed E-state index contributed by atoms with van der Waals surface area (Å²) in [6.45, 7) is 2.95. The number of thioether (sulfide) groups is 2. The van der Waals surface area contributed by atoms with Crippen LogP contribution >= 0.6 is 23.5 Å². The molecule has 3 nitrogen and oxygen atoms in total. The standard InChI is InChI=1S/C14H13NO2S2/c1-9-2-3-12-11(6-9)10(7-13(16)17-12)8-19-14-15-4-5-18-14/h2-3,6-7H,4-5,8H2,1H3. The van der Waals surface area contributed by atoms with Crippen LogP contribution in [0.1, 0.15) is 11.1 Å². The first kappa shape index (κ1) is 12.8. The Labute approximate surface area is 119 Å². The van der Waals surface area contributed by atoms with E-state index in [2.05, 4.69) is 11.1 Å². The van der Waals surface area contributed by atoms with E-state index in [1.54, 1.807) is 29.6 Å². The highest BCUT2D eigenvalue weighted by molar-refractivity contribution is 8.38. The number of nitrogens with zero attached hydrogens (tertiary/aromatic N) is 1. The van der Waals surface area contributed by atoms with Crippen molar-refractivity contribution < 1.29 is 4.42 Å². The number of aryl methyl sites for hydroxylation is 1. The number of rotatable bonds is 2. The number of aliphatic imine (C=N–C) groups is 1. The van der Waals surface area contributed by atoms with Crippen molar-refractivity contribution in [2.24, 2.45) is 4.99 Å². The van der Waals surface area contributed by atoms with Crippen molar-refractivity contribution in [2.45, 2.75) is 12.7 Å². The van der Waals surface area contributed by atoms with E-state index >= 15 is 0 Å². The van der Waals surface area contributed by atoms with Gasteiger partial charge in [0.2, 0.25) is 0 Å². The van der Waals surface area contributed by atoms with Crippen molar-refractivity contribution in [3.05, 3.63) is 45.8 Å². The molecule has 2 aromatic rings. The number of benzene rings is 1. The lowest BCUT2D eigenvalue weighted by atomic mass is 10.1. The van der Waals surface area contributed by atoms with Gasteiger partial charge in [0.15, 0.2) is 0 Å². The fourth-order valence-electron chi connectivity index (χ4n) is 2.00. The Bertz CT molecular complexity index is 706. The van der Waals surface area contributed by atoms with Crippen LogP contribution in [-0.4, -0.2) is 16.7 Å². The third-order valence-electron chi connectivity index (χ3n) is 2.89. The Morgan fingerprint density at radius 3 is 3.11 bits per heavy atom. The summed E-state index contributed by atoms with van der Waals surface area (Å²) in [5, 5.41) is 1.02. The molecule has 1 aromatic heterocycles. The molecule has 0 fully saturated rings. The van der Waals surface area contributed by atoms with Gasteiger partial charge in [-0.05, 0) is 24.6 Å². The van der Waals surface area contributed by atoms with Gasteiger partial charge in [0.1, 0.15) is 9.96 Å². The minimum atomic E-state index is -0.284. The Balaban J connectivity index is 1.96. The molecule has 0 radical (unpaired) electrons. The molecule has 2 heterocycles. The second-order valence-corrected chi connectivity index (χ2v) is 6.68. The van der Waals surface area contributed by atoms with Crippen molar-refractivity contribution in [2.75, 3.05) is 12.3 Å². The van der Waals surface area contributed by atoms with Gasteiger partial charge in [-0.3, -0.25) is 4.99 Å².